The maximum absolute atomic E-state index is 12.7. The van der Waals surface area contributed by atoms with E-state index in [2.05, 4.69) is 4.40 Å². The lowest BCUT2D eigenvalue weighted by atomic mass is 9.97. The van der Waals surface area contributed by atoms with Gasteiger partial charge in [0, 0.05) is 16.2 Å². The molecule has 2 aromatic carbocycles. The number of carbonyl (C=O) groups is 1. The van der Waals surface area contributed by atoms with Crippen LogP contribution >= 0.6 is 10.7 Å². The lowest BCUT2D eigenvalue weighted by Crippen LogP contribution is -2.26. The predicted octanol–water partition coefficient (Wildman–Crippen LogP) is 2.87. The van der Waals surface area contributed by atoms with Crippen LogP contribution in [0.5, 0.6) is 0 Å². The first-order chi connectivity index (χ1) is 11.4. The molecule has 1 aliphatic rings. The van der Waals surface area contributed by atoms with E-state index in [9.17, 15) is 13.2 Å². The van der Waals surface area contributed by atoms with Crippen molar-refractivity contribution in [2.75, 3.05) is 0 Å². The van der Waals surface area contributed by atoms with E-state index in [0.717, 1.165) is 0 Å². The van der Waals surface area contributed by atoms with E-state index in [0.29, 0.717) is 11.1 Å². The summed E-state index contributed by atoms with van der Waals surface area (Å²) >= 11 is 0. The normalized spacial score (nSPS) is 22.0. The van der Waals surface area contributed by atoms with Crippen molar-refractivity contribution < 1.29 is 22.7 Å². The summed E-state index contributed by atoms with van der Waals surface area (Å²) in [5.41, 5.74) is 1.07. The van der Waals surface area contributed by atoms with Gasteiger partial charge in [0.15, 0.2) is 6.10 Å². The van der Waals surface area contributed by atoms with Gasteiger partial charge >= 0.3 is 15.3 Å². The summed E-state index contributed by atoms with van der Waals surface area (Å²) in [6, 6.07) is 17.4. The molecule has 1 saturated heterocycles. The Morgan fingerprint density at radius 2 is 1.54 bits per heavy atom. The molecule has 2 atom stereocenters. The van der Waals surface area contributed by atoms with E-state index < -0.39 is 27.5 Å². The molecule has 0 bridgehead atoms. The van der Waals surface area contributed by atoms with Crippen LogP contribution in [-0.2, 0) is 18.7 Å². The molecule has 0 aliphatic carbocycles. The highest BCUT2D eigenvalue weighted by Gasteiger charge is 2.42. The molecule has 0 amide bonds. The third kappa shape index (κ3) is 3.74. The van der Waals surface area contributed by atoms with Crippen LogP contribution in [-0.4, -0.2) is 26.4 Å². The van der Waals surface area contributed by atoms with Gasteiger partial charge in [-0.25, -0.2) is 0 Å². The fraction of sp³-hybridized carbons (Fsp3) is 0.125. The summed E-state index contributed by atoms with van der Waals surface area (Å²) in [5.74, 6) is -0.346. The van der Waals surface area contributed by atoms with E-state index in [-0.39, 0.29) is 5.78 Å². The number of halogens is 1. The van der Waals surface area contributed by atoms with Crippen LogP contribution in [0.3, 0.4) is 0 Å². The fourth-order valence-electron chi connectivity index (χ4n) is 2.34. The largest absolute Gasteiger partial charge is 0.437 e. The Bertz CT molecular complexity index is 868. The van der Waals surface area contributed by atoms with Gasteiger partial charge in [-0.2, -0.15) is 8.42 Å². The smallest absolute Gasteiger partial charge is 0.402 e. The number of Topliss-reactive ketones (excluding diaryl/α,β-unsaturated/α-hetero) is 1. The van der Waals surface area contributed by atoms with Crippen molar-refractivity contribution in [3.05, 3.63) is 71.8 Å². The highest BCUT2D eigenvalue weighted by atomic mass is 35.7. The van der Waals surface area contributed by atoms with E-state index in [1.54, 1.807) is 54.6 Å². The standard InChI is InChI=1S/C16H12ClNO5S/c17-24(20,21)18-16-22-14(12-9-5-2-6-10-12)15(23-16)13(19)11-7-3-1-4-8-11/h1-10,14-15H/b18-16+/t14-,15-/m1/s1. The SMILES string of the molecule is O=C(c1ccccc1)[C@H]1O/C(=N/S(=O)(=O)Cl)O[C@@H]1c1ccccc1. The zero-order valence-electron chi connectivity index (χ0n) is 12.2. The number of nitrogens with zero attached hydrogens (tertiary/aromatic N) is 1. The molecule has 1 heterocycles. The predicted molar refractivity (Wildman–Crippen MR) is 88.1 cm³/mol. The average Bonchev–Trinajstić information content (AvgIpc) is 2.97. The highest BCUT2D eigenvalue weighted by molar-refractivity contribution is 8.12. The van der Waals surface area contributed by atoms with Crippen molar-refractivity contribution >= 4 is 31.8 Å². The second-order valence-electron chi connectivity index (χ2n) is 4.99. The van der Waals surface area contributed by atoms with Crippen LogP contribution in [0.25, 0.3) is 0 Å². The Kier molecular flexibility index (Phi) is 4.55. The summed E-state index contributed by atoms with van der Waals surface area (Å²) in [6.07, 6.45) is -2.43. The van der Waals surface area contributed by atoms with E-state index in [1.165, 1.54) is 0 Å². The molecule has 0 radical (unpaired) electrons. The van der Waals surface area contributed by atoms with Gasteiger partial charge in [-0.15, -0.1) is 0 Å². The molecule has 1 fully saturated rings. The fourth-order valence-corrected chi connectivity index (χ4v) is 2.78. The van der Waals surface area contributed by atoms with E-state index >= 15 is 0 Å². The molecule has 2 aromatic rings. The first-order valence-electron chi connectivity index (χ1n) is 6.96. The van der Waals surface area contributed by atoms with E-state index in [1.807, 2.05) is 6.07 Å². The second kappa shape index (κ2) is 6.62. The van der Waals surface area contributed by atoms with Gasteiger partial charge in [-0.05, 0) is 5.56 Å². The Labute approximate surface area is 143 Å². The lowest BCUT2D eigenvalue weighted by Gasteiger charge is -2.14. The molecule has 3 rings (SSSR count). The van der Waals surface area contributed by atoms with Gasteiger partial charge in [0.2, 0.25) is 11.9 Å². The lowest BCUT2D eigenvalue weighted by molar-refractivity contribution is 0.0735. The third-order valence-corrected chi connectivity index (χ3v) is 3.93. The zero-order valence-corrected chi connectivity index (χ0v) is 13.8. The highest BCUT2D eigenvalue weighted by Crippen LogP contribution is 2.32. The first-order valence-corrected chi connectivity index (χ1v) is 9.23. The molecule has 6 nitrogen and oxygen atoms in total. The van der Waals surface area contributed by atoms with Gasteiger partial charge in [-0.1, -0.05) is 65.1 Å². The molecule has 0 saturated carbocycles. The molecule has 24 heavy (non-hydrogen) atoms. The molecule has 0 spiro atoms. The van der Waals surface area contributed by atoms with Crippen LogP contribution < -0.4 is 0 Å². The van der Waals surface area contributed by atoms with Gasteiger partial charge in [0.25, 0.3) is 0 Å². The molecule has 0 N–H and O–H groups in total. The molecule has 0 aromatic heterocycles. The molecular formula is C16H12ClNO5S. The monoisotopic (exact) mass is 365 g/mol. The van der Waals surface area contributed by atoms with Crippen LogP contribution in [0, 0.1) is 0 Å². The quantitative estimate of drug-likeness (QED) is 0.614. The minimum atomic E-state index is -4.23. The zero-order chi connectivity index (χ0) is 17.2. The van der Waals surface area contributed by atoms with Gasteiger partial charge in [-0.3, -0.25) is 4.79 Å². The van der Waals surface area contributed by atoms with Crippen molar-refractivity contribution in [2.24, 2.45) is 4.40 Å². The van der Waals surface area contributed by atoms with Gasteiger partial charge < -0.3 is 9.47 Å². The summed E-state index contributed by atoms with van der Waals surface area (Å²) in [6.45, 7) is 0. The Balaban J connectivity index is 1.97. The number of carbonyl (C=O) groups excluding carboxylic acids is 1. The van der Waals surface area contributed by atoms with Crippen LogP contribution in [0.4, 0.5) is 0 Å². The van der Waals surface area contributed by atoms with Gasteiger partial charge in [0.1, 0.15) is 0 Å². The Morgan fingerprint density at radius 3 is 2.12 bits per heavy atom. The number of ether oxygens (including phenoxy) is 2. The number of ketones is 1. The van der Waals surface area contributed by atoms with Crippen molar-refractivity contribution in [3.63, 3.8) is 0 Å². The number of hydrogen-bond acceptors (Lipinski definition) is 5. The van der Waals surface area contributed by atoms with Crippen LogP contribution in [0.15, 0.2) is 65.1 Å². The summed E-state index contributed by atoms with van der Waals surface area (Å²) in [7, 11) is 0.863. The maximum atomic E-state index is 12.7. The van der Waals surface area contributed by atoms with Crippen molar-refractivity contribution in [2.45, 2.75) is 12.2 Å². The van der Waals surface area contributed by atoms with Crippen LogP contribution in [0.1, 0.15) is 22.0 Å². The summed E-state index contributed by atoms with van der Waals surface area (Å²) in [4.78, 5) is 12.7. The Hall–Kier alpha value is -2.38. The number of rotatable bonds is 4. The van der Waals surface area contributed by atoms with Crippen molar-refractivity contribution in [1.82, 2.24) is 0 Å². The minimum absolute atomic E-state index is 0.346. The van der Waals surface area contributed by atoms with Crippen molar-refractivity contribution in [1.29, 1.82) is 0 Å². The minimum Gasteiger partial charge on any atom is -0.437 e. The molecule has 8 heteroatoms. The number of hydrogen-bond donors (Lipinski definition) is 0. The number of benzene rings is 2. The molecule has 1 aliphatic heterocycles. The second-order valence-corrected chi connectivity index (χ2v) is 7.16. The van der Waals surface area contributed by atoms with E-state index in [4.69, 9.17) is 20.2 Å². The molecule has 124 valence electrons. The average molecular weight is 366 g/mol. The molecule has 0 unspecified atom stereocenters. The summed E-state index contributed by atoms with van der Waals surface area (Å²) in [5, 5.41) is 0. The first kappa shape index (κ1) is 16.5. The Morgan fingerprint density at radius 1 is 0.958 bits per heavy atom. The third-order valence-electron chi connectivity index (χ3n) is 3.36. The van der Waals surface area contributed by atoms with Crippen LogP contribution in [0.2, 0.25) is 0 Å². The summed E-state index contributed by atoms with van der Waals surface area (Å²) < 4.78 is 36.1. The van der Waals surface area contributed by atoms with Gasteiger partial charge in [0.05, 0.1) is 0 Å². The van der Waals surface area contributed by atoms with Crippen molar-refractivity contribution in [3.8, 4) is 0 Å². The molecular weight excluding hydrogens is 354 g/mol. The maximum Gasteiger partial charge on any atom is 0.402 e. The topological polar surface area (TPSA) is 82.0 Å².